The lowest BCUT2D eigenvalue weighted by atomic mass is 10.0. The molecule has 1 atom stereocenters. The molecule has 1 amide bonds. The van der Waals surface area contributed by atoms with E-state index in [0.717, 1.165) is 11.5 Å². The molecule has 2 aromatic rings. The molecule has 0 saturated heterocycles. The molecule has 2 rings (SSSR count). The van der Waals surface area contributed by atoms with Gasteiger partial charge in [-0.1, -0.05) is 31.2 Å². The summed E-state index contributed by atoms with van der Waals surface area (Å²) >= 11 is 1.84. The summed E-state index contributed by atoms with van der Waals surface area (Å²) in [4.78, 5) is 23.2. The summed E-state index contributed by atoms with van der Waals surface area (Å²) in [5.41, 5.74) is 3.15. The van der Waals surface area contributed by atoms with Gasteiger partial charge < -0.3 is 10.4 Å². The summed E-state index contributed by atoms with van der Waals surface area (Å²) < 4.78 is 0. The van der Waals surface area contributed by atoms with E-state index in [0.29, 0.717) is 16.8 Å². The maximum Gasteiger partial charge on any atom is 0.310 e. The average Bonchev–Trinajstić information content (AvgIpc) is 2.60. The molecule has 0 heterocycles. The van der Waals surface area contributed by atoms with Gasteiger partial charge in [-0.05, 0) is 48.1 Å². The Morgan fingerprint density at radius 3 is 2.25 bits per heavy atom. The number of hydrogen-bond acceptors (Lipinski definition) is 3. The zero-order chi connectivity index (χ0) is 17.5. The summed E-state index contributed by atoms with van der Waals surface area (Å²) in [5, 5.41) is 11.8. The Morgan fingerprint density at radius 2 is 1.71 bits per heavy atom. The van der Waals surface area contributed by atoms with Crippen molar-refractivity contribution in [2.45, 2.75) is 25.5 Å². The van der Waals surface area contributed by atoms with E-state index in [2.05, 4.69) is 12.2 Å². The number of hydrogen-bond donors (Lipinski definition) is 2. The van der Waals surface area contributed by atoms with Gasteiger partial charge in [0.25, 0.3) is 5.91 Å². The molecule has 0 fully saturated rings. The standard InChI is InChI=1S/C19H21NO3S/c1-3-24-12-14-4-6-16(7-5-14)18(21)20-17-10-8-15(9-11-17)13(2)19(22)23/h4-11,13H,3,12H2,1-2H3,(H,20,21)(H,22,23). The third-order valence-corrected chi connectivity index (χ3v) is 4.67. The van der Waals surface area contributed by atoms with Gasteiger partial charge in [0.2, 0.25) is 0 Å². The monoisotopic (exact) mass is 343 g/mol. The van der Waals surface area contributed by atoms with E-state index >= 15 is 0 Å². The number of rotatable bonds is 7. The van der Waals surface area contributed by atoms with Gasteiger partial charge in [0.15, 0.2) is 0 Å². The van der Waals surface area contributed by atoms with Gasteiger partial charge >= 0.3 is 5.97 Å². The molecule has 0 bridgehead atoms. The van der Waals surface area contributed by atoms with Crippen molar-refractivity contribution in [2.24, 2.45) is 0 Å². The van der Waals surface area contributed by atoms with Crippen molar-refractivity contribution >= 4 is 29.3 Å². The SMILES string of the molecule is CCSCc1ccc(C(=O)Nc2ccc(C(C)C(=O)O)cc2)cc1. The van der Waals surface area contributed by atoms with E-state index in [9.17, 15) is 9.59 Å². The van der Waals surface area contributed by atoms with E-state index in [4.69, 9.17) is 5.11 Å². The van der Waals surface area contributed by atoms with Crippen molar-refractivity contribution < 1.29 is 14.7 Å². The molecule has 0 aromatic heterocycles. The van der Waals surface area contributed by atoms with Gasteiger partial charge in [-0.2, -0.15) is 11.8 Å². The first-order valence-corrected chi connectivity index (χ1v) is 8.97. The second kappa shape index (κ2) is 8.55. The molecule has 0 radical (unpaired) electrons. The molecule has 1 unspecified atom stereocenters. The lowest BCUT2D eigenvalue weighted by Gasteiger charge is -2.09. The first-order chi connectivity index (χ1) is 11.5. The highest BCUT2D eigenvalue weighted by Crippen LogP contribution is 2.19. The molecule has 126 valence electrons. The predicted octanol–water partition coefficient (Wildman–Crippen LogP) is 4.38. The quantitative estimate of drug-likeness (QED) is 0.783. The maximum absolute atomic E-state index is 12.3. The Balaban J connectivity index is 2.00. The predicted molar refractivity (Wildman–Crippen MR) is 98.7 cm³/mol. The molecule has 2 aromatic carbocycles. The fraction of sp³-hybridized carbons (Fsp3) is 0.263. The number of carbonyl (C=O) groups excluding carboxylic acids is 1. The third-order valence-electron chi connectivity index (χ3n) is 3.73. The molecule has 0 saturated carbocycles. The van der Waals surface area contributed by atoms with E-state index in [1.54, 1.807) is 31.2 Å². The van der Waals surface area contributed by atoms with E-state index in [-0.39, 0.29) is 5.91 Å². The fourth-order valence-electron chi connectivity index (χ4n) is 2.17. The van der Waals surface area contributed by atoms with Crippen molar-refractivity contribution in [1.82, 2.24) is 0 Å². The van der Waals surface area contributed by atoms with Crippen LogP contribution in [0.3, 0.4) is 0 Å². The van der Waals surface area contributed by atoms with Crippen LogP contribution in [-0.4, -0.2) is 22.7 Å². The Bertz CT molecular complexity index is 696. The summed E-state index contributed by atoms with van der Waals surface area (Å²) in [6.45, 7) is 3.75. The number of benzene rings is 2. The highest BCUT2D eigenvalue weighted by molar-refractivity contribution is 7.98. The minimum atomic E-state index is -0.867. The van der Waals surface area contributed by atoms with Crippen LogP contribution in [0.2, 0.25) is 0 Å². The summed E-state index contributed by atoms with van der Waals surface area (Å²) in [7, 11) is 0. The molecular weight excluding hydrogens is 322 g/mol. The van der Waals surface area contributed by atoms with Crippen LogP contribution < -0.4 is 5.32 Å². The van der Waals surface area contributed by atoms with E-state index < -0.39 is 11.9 Å². The summed E-state index contributed by atoms with van der Waals surface area (Å²) in [6, 6.07) is 14.5. The van der Waals surface area contributed by atoms with Gasteiger partial charge in [0.1, 0.15) is 0 Å². The number of carbonyl (C=O) groups is 2. The number of amides is 1. The number of carboxylic acids is 1. The average molecular weight is 343 g/mol. The van der Waals surface area contributed by atoms with Gasteiger partial charge in [0, 0.05) is 17.0 Å². The minimum Gasteiger partial charge on any atom is -0.481 e. The highest BCUT2D eigenvalue weighted by atomic mass is 32.2. The van der Waals surface area contributed by atoms with Crippen LogP contribution in [0.25, 0.3) is 0 Å². The third kappa shape index (κ3) is 4.86. The van der Waals surface area contributed by atoms with Crippen molar-refractivity contribution in [3.8, 4) is 0 Å². The molecule has 4 nitrogen and oxygen atoms in total. The zero-order valence-corrected chi connectivity index (χ0v) is 14.6. The number of aliphatic carboxylic acids is 1. The Labute approximate surface area is 146 Å². The number of carboxylic acid groups (broad SMARTS) is 1. The Hall–Kier alpha value is -2.27. The van der Waals surface area contributed by atoms with Crippen LogP contribution >= 0.6 is 11.8 Å². The topological polar surface area (TPSA) is 66.4 Å². The molecule has 2 N–H and O–H groups in total. The van der Waals surface area contributed by atoms with Crippen molar-refractivity contribution in [2.75, 3.05) is 11.1 Å². The summed E-state index contributed by atoms with van der Waals surface area (Å²) in [6.07, 6.45) is 0. The Kier molecular flexibility index (Phi) is 6.44. The molecule has 0 spiro atoms. The number of thioether (sulfide) groups is 1. The Morgan fingerprint density at radius 1 is 1.08 bits per heavy atom. The zero-order valence-electron chi connectivity index (χ0n) is 13.8. The second-order valence-corrected chi connectivity index (χ2v) is 6.74. The van der Waals surface area contributed by atoms with E-state index in [1.807, 2.05) is 36.0 Å². The highest BCUT2D eigenvalue weighted by Gasteiger charge is 2.13. The lowest BCUT2D eigenvalue weighted by Crippen LogP contribution is -2.12. The van der Waals surface area contributed by atoms with Crippen LogP contribution in [0.4, 0.5) is 5.69 Å². The normalized spacial score (nSPS) is 11.8. The first-order valence-electron chi connectivity index (χ1n) is 7.82. The van der Waals surface area contributed by atoms with Gasteiger partial charge in [0.05, 0.1) is 5.92 Å². The molecule has 0 aliphatic heterocycles. The maximum atomic E-state index is 12.3. The lowest BCUT2D eigenvalue weighted by molar-refractivity contribution is -0.138. The molecule has 0 aliphatic carbocycles. The number of nitrogens with one attached hydrogen (secondary N) is 1. The summed E-state index contributed by atoms with van der Waals surface area (Å²) in [5.74, 6) is 0.403. The molecule has 5 heteroatoms. The second-order valence-electron chi connectivity index (χ2n) is 5.47. The van der Waals surface area contributed by atoms with Crippen LogP contribution in [0.15, 0.2) is 48.5 Å². The first kappa shape index (κ1) is 18.1. The molecule has 24 heavy (non-hydrogen) atoms. The van der Waals surface area contributed by atoms with Gasteiger partial charge in [-0.3, -0.25) is 9.59 Å². The molecular formula is C19H21NO3S. The van der Waals surface area contributed by atoms with Crippen molar-refractivity contribution in [3.05, 3.63) is 65.2 Å². The largest absolute Gasteiger partial charge is 0.481 e. The van der Waals surface area contributed by atoms with Crippen molar-refractivity contribution in [3.63, 3.8) is 0 Å². The molecule has 0 aliphatic rings. The number of anilines is 1. The van der Waals surface area contributed by atoms with Crippen LogP contribution in [0.1, 0.15) is 41.3 Å². The van der Waals surface area contributed by atoms with Crippen LogP contribution in [-0.2, 0) is 10.5 Å². The van der Waals surface area contributed by atoms with Crippen LogP contribution in [0, 0.1) is 0 Å². The fourth-order valence-corrected chi connectivity index (χ4v) is 2.81. The van der Waals surface area contributed by atoms with Gasteiger partial charge in [-0.25, -0.2) is 0 Å². The minimum absolute atomic E-state index is 0.177. The van der Waals surface area contributed by atoms with E-state index in [1.165, 1.54) is 5.56 Å². The van der Waals surface area contributed by atoms with Crippen LogP contribution in [0.5, 0.6) is 0 Å². The van der Waals surface area contributed by atoms with Crippen molar-refractivity contribution in [1.29, 1.82) is 0 Å². The van der Waals surface area contributed by atoms with Gasteiger partial charge in [-0.15, -0.1) is 0 Å². The smallest absolute Gasteiger partial charge is 0.310 e.